The van der Waals surface area contributed by atoms with Crippen molar-refractivity contribution in [2.75, 3.05) is 13.2 Å². The molecule has 6 nitrogen and oxygen atoms in total. The van der Waals surface area contributed by atoms with Crippen LogP contribution in [0.15, 0.2) is 24.3 Å². The Labute approximate surface area is 430 Å². The van der Waals surface area contributed by atoms with Gasteiger partial charge >= 0.3 is 17.9 Å². The molecule has 1 unspecified atom stereocenters. The van der Waals surface area contributed by atoms with Crippen LogP contribution in [-0.2, 0) is 28.6 Å². The van der Waals surface area contributed by atoms with Crippen LogP contribution >= 0.6 is 0 Å². The quantitative estimate of drug-likeness (QED) is 0.0261. The molecular weight excluding hydrogens is 853 g/mol. The Morgan fingerprint density at radius 3 is 0.841 bits per heavy atom. The van der Waals surface area contributed by atoms with Crippen LogP contribution in [0.3, 0.4) is 0 Å². The summed E-state index contributed by atoms with van der Waals surface area (Å²) >= 11 is 0. The molecule has 69 heavy (non-hydrogen) atoms. The minimum atomic E-state index is -0.772. The van der Waals surface area contributed by atoms with Crippen molar-refractivity contribution in [1.82, 2.24) is 0 Å². The molecule has 0 aliphatic carbocycles. The highest BCUT2D eigenvalue weighted by molar-refractivity contribution is 5.71. The summed E-state index contributed by atoms with van der Waals surface area (Å²) in [6.45, 7) is 6.57. The van der Waals surface area contributed by atoms with Gasteiger partial charge in [-0.2, -0.15) is 0 Å². The molecule has 6 heteroatoms. The van der Waals surface area contributed by atoms with Crippen molar-refractivity contribution in [3.8, 4) is 0 Å². The second kappa shape index (κ2) is 58.5. The Bertz CT molecular complexity index is 1110. The van der Waals surface area contributed by atoms with E-state index >= 15 is 0 Å². The van der Waals surface area contributed by atoms with Gasteiger partial charge in [0.25, 0.3) is 0 Å². The van der Waals surface area contributed by atoms with Gasteiger partial charge in [-0.25, -0.2) is 0 Å². The van der Waals surface area contributed by atoms with Crippen LogP contribution in [0.4, 0.5) is 0 Å². The molecule has 0 bridgehead atoms. The number of hydrogen-bond acceptors (Lipinski definition) is 6. The SMILES string of the molecule is CCCC/C=C\C/C=C\CCCCCCCC(=O)OC(COC(=O)CCCCCCCC)COC(=O)CCCCCCCCCCCCCCCCCCCCCCCCCCCCCCCCC. The van der Waals surface area contributed by atoms with Gasteiger partial charge in [-0.3, -0.25) is 14.4 Å². The molecule has 0 aliphatic heterocycles. The third-order valence-electron chi connectivity index (χ3n) is 14.0. The van der Waals surface area contributed by atoms with Crippen molar-refractivity contribution in [1.29, 1.82) is 0 Å². The van der Waals surface area contributed by atoms with Crippen molar-refractivity contribution < 1.29 is 28.6 Å². The fourth-order valence-corrected chi connectivity index (χ4v) is 9.29. The number of allylic oxidation sites excluding steroid dienone is 4. The summed E-state index contributed by atoms with van der Waals surface area (Å²) in [4.78, 5) is 37.8. The monoisotopic (exact) mass is 971 g/mol. The number of carbonyl (C=O) groups is 3. The summed E-state index contributed by atoms with van der Waals surface area (Å²) in [6, 6.07) is 0. The van der Waals surface area contributed by atoms with Gasteiger partial charge in [0, 0.05) is 19.3 Å². The number of rotatable bonds is 57. The average Bonchev–Trinajstić information content (AvgIpc) is 3.35. The first-order valence-electron chi connectivity index (χ1n) is 30.8. The molecular formula is C63H118O6. The lowest BCUT2D eigenvalue weighted by Gasteiger charge is -2.18. The first-order valence-corrected chi connectivity index (χ1v) is 30.8. The van der Waals surface area contributed by atoms with Crippen molar-refractivity contribution in [2.24, 2.45) is 0 Å². The van der Waals surface area contributed by atoms with E-state index in [0.717, 1.165) is 83.5 Å². The number of carbonyl (C=O) groups excluding carboxylic acids is 3. The maximum atomic E-state index is 12.8. The van der Waals surface area contributed by atoms with Crippen molar-refractivity contribution in [3.63, 3.8) is 0 Å². The first-order chi connectivity index (χ1) is 34.0. The zero-order valence-corrected chi connectivity index (χ0v) is 46.6. The average molecular weight is 972 g/mol. The lowest BCUT2D eigenvalue weighted by atomic mass is 10.0. The molecule has 0 aromatic carbocycles. The Morgan fingerprint density at radius 1 is 0.290 bits per heavy atom. The summed E-state index contributed by atoms with van der Waals surface area (Å²) in [5.74, 6) is -0.880. The minimum absolute atomic E-state index is 0.0729. The van der Waals surface area contributed by atoms with Crippen LogP contribution in [0, 0.1) is 0 Å². The summed E-state index contributed by atoms with van der Waals surface area (Å²) < 4.78 is 16.7. The molecule has 0 spiro atoms. The van der Waals surface area contributed by atoms with Crippen LogP contribution in [0.25, 0.3) is 0 Å². The molecule has 0 fully saturated rings. The van der Waals surface area contributed by atoms with Crippen LogP contribution in [-0.4, -0.2) is 37.2 Å². The molecule has 0 heterocycles. The maximum Gasteiger partial charge on any atom is 0.306 e. The number of unbranched alkanes of at least 4 members (excludes halogenated alkanes) is 42. The second-order valence-corrected chi connectivity index (χ2v) is 21.0. The molecule has 0 N–H and O–H groups in total. The highest BCUT2D eigenvalue weighted by Gasteiger charge is 2.19. The molecule has 0 amide bonds. The van der Waals surface area contributed by atoms with E-state index in [9.17, 15) is 14.4 Å². The predicted octanol–water partition coefficient (Wildman–Crippen LogP) is 20.7. The maximum absolute atomic E-state index is 12.8. The van der Waals surface area contributed by atoms with E-state index in [2.05, 4.69) is 45.1 Å². The standard InChI is InChI=1S/C63H118O6/c1-4-7-10-13-16-18-20-22-24-25-26-27-28-29-30-31-32-33-34-35-36-37-38-39-40-42-43-45-47-50-53-56-62(65)68-59-60(58-67-61(64)55-52-49-15-12-9-6-3)69-63(66)57-54-51-48-46-44-41-23-21-19-17-14-11-8-5-2/h14,17,21,23,60H,4-13,15-16,18-20,22,24-59H2,1-3H3/b17-14-,23-21-. The van der Waals surface area contributed by atoms with Crippen molar-refractivity contribution in [2.45, 2.75) is 348 Å². The van der Waals surface area contributed by atoms with E-state index in [1.54, 1.807) is 0 Å². The van der Waals surface area contributed by atoms with Crippen molar-refractivity contribution in [3.05, 3.63) is 24.3 Å². The summed E-state index contributed by atoms with van der Waals surface area (Å²) in [6.07, 6.45) is 69.6. The fourth-order valence-electron chi connectivity index (χ4n) is 9.29. The third kappa shape index (κ3) is 56.7. The molecule has 1 atom stereocenters. The van der Waals surface area contributed by atoms with Crippen LogP contribution in [0.5, 0.6) is 0 Å². The summed E-state index contributed by atoms with van der Waals surface area (Å²) in [5.41, 5.74) is 0. The zero-order valence-electron chi connectivity index (χ0n) is 46.6. The Balaban J connectivity index is 3.92. The van der Waals surface area contributed by atoms with E-state index in [-0.39, 0.29) is 31.1 Å². The van der Waals surface area contributed by atoms with Gasteiger partial charge < -0.3 is 14.2 Å². The van der Waals surface area contributed by atoms with Crippen LogP contribution in [0.1, 0.15) is 342 Å². The Morgan fingerprint density at radius 2 is 0.536 bits per heavy atom. The largest absolute Gasteiger partial charge is 0.462 e. The zero-order chi connectivity index (χ0) is 50.0. The number of ether oxygens (including phenoxy) is 3. The lowest BCUT2D eigenvalue weighted by molar-refractivity contribution is -0.167. The van der Waals surface area contributed by atoms with Gasteiger partial charge in [-0.05, 0) is 44.9 Å². The summed E-state index contributed by atoms with van der Waals surface area (Å²) in [7, 11) is 0. The van der Waals surface area contributed by atoms with E-state index in [0.29, 0.717) is 19.3 Å². The van der Waals surface area contributed by atoms with Gasteiger partial charge in [0.05, 0.1) is 0 Å². The molecule has 0 saturated carbocycles. The molecule has 0 radical (unpaired) electrons. The van der Waals surface area contributed by atoms with Gasteiger partial charge in [0.15, 0.2) is 6.10 Å². The molecule has 0 aromatic heterocycles. The minimum Gasteiger partial charge on any atom is -0.462 e. The molecule has 0 saturated heterocycles. The predicted molar refractivity (Wildman–Crippen MR) is 298 cm³/mol. The Hall–Kier alpha value is -2.11. The van der Waals surface area contributed by atoms with Crippen LogP contribution in [0.2, 0.25) is 0 Å². The van der Waals surface area contributed by atoms with Gasteiger partial charge in [0.1, 0.15) is 13.2 Å². The first kappa shape index (κ1) is 66.9. The topological polar surface area (TPSA) is 78.9 Å². The number of esters is 3. The van der Waals surface area contributed by atoms with Crippen molar-refractivity contribution >= 4 is 17.9 Å². The van der Waals surface area contributed by atoms with Gasteiger partial charge in [0.2, 0.25) is 0 Å². The molecule has 0 aromatic rings. The molecule has 406 valence electrons. The Kier molecular flexibility index (Phi) is 56.7. The van der Waals surface area contributed by atoms with Crippen LogP contribution < -0.4 is 0 Å². The third-order valence-corrected chi connectivity index (χ3v) is 14.0. The van der Waals surface area contributed by atoms with E-state index in [4.69, 9.17) is 14.2 Å². The lowest BCUT2D eigenvalue weighted by Crippen LogP contribution is -2.30. The summed E-state index contributed by atoms with van der Waals surface area (Å²) in [5, 5.41) is 0. The van der Waals surface area contributed by atoms with Gasteiger partial charge in [-0.1, -0.05) is 302 Å². The highest BCUT2D eigenvalue weighted by atomic mass is 16.6. The van der Waals surface area contributed by atoms with E-state index < -0.39 is 6.10 Å². The highest BCUT2D eigenvalue weighted by Crippen LogP contribution is 2.18. The molecule has 0 rings (SSSR count). The normalized spacial score (nSPS) is 12.1. The second-order valence-electron chi connectivity index (χ2n) is 21.0. The van der Waals surface area contributed by atoms with E-state index in [1.807, 2.05) is 0 Å². The smallest absolute Gasteiger partial charge is 0.306 e. The van der Waals surface area contributed by atoms with Gasteiger partial charge in [-0.15, -0.1) is 0 Å². The van der Waals surface area contributed by atoms with E-state index in [1.165, 1.54) is 218 Å². The number of hydrogen-bond donors (Lipinski definition) is 0. The fraction of sp³-hybridized carbons (Fsp3) is 0.889. The molecule has 0 aliphatic rings.